The number of aryl methyl sites for hydroxylation is 1. The van der Waals surface area contributed by atoms with Crippen LogP contribution in [0.3, 0.4) is 0 Å². The monoisotopic (exact) mass is 350 g/mol. The number of fused-ring (bicyclic) bond motifs is 1. The van der Waals surface area contributed by atoms with Crippen LogP contribution in [0.25, 0.3) is 10.8 Å². The molecule has 6 heteroatoms. The average Bonchev–Trinajstić information content (AvgIpc) is 2.67. The Kier molecular flexibility index (Phi) is 5.63. The quantitative estimate of drug-likeness (QED) is 0.717. The van der Waals surface area contributed by atoms with Crippen LogP contribution in [-0.2, 0) is 19.5 Å². The van der Waals surface area contributed by atoms with Crippen molar-refractivity contribution < 1.29 is 4.79 Å². The topological polar surface area (TPSA) is 76.0 Å². The number of benzene rings is 2. The maximum atomic E-state index is 12.0. The number of urea groups is 1. The van der Waals surface area contributed by atoms with Crippen LogP contribution in [0.4, 0.5) is 4.79 Å². The Bertz CT molecular complexity index is 960. The Morgan fingerprint density at radius 3 is 2.73 bits per heavy atom. The highest BCUT2D eigenvalue weighted by Gasteiger charge is 2.04. The molecule has 0 spiro atoms. The molecule has 0 radical (unpaired) electrons. The molecule has 0 saturated heterocycles. The number of nitrogens with zero attached hydrogens (tertiary/aromatic N) is 2. The standard InChI is InChI=1S/C20H22N4O2/c1-2-17-12-19(25)24(14-23-17)11-10-21-20(26)22-13-16-8-5-7-15-6-3-4-9-18(15)16/h3-9,12,14H,2,10-11,13H2,1H3,(H2,21,22,26). The summed E-state index contributed by atoms with van der Waals surface area (Å²) in [4.78, 5) is 28.1. The summed E-state index contributed by atoms with van der Waals surface area (Å²) in [5, 5.41) is 7.90. The molecule has 0 bridgehead atoms. The Hall–Kier alpha value is -3.15. The van der Waals surface area contributed by atoms with Crippen LogP contribution in [0.2, 0.25) is 0 Å². The van der Waals surface area contributed by atoms with Gasteiger partial charge in [-0.15, -0.1) is 0 Å². The number of carbonyl (C=O) groups excluding carboxylic acids is 1. The highest BCUT2D eigenvalue weighted by atomic mass is 16.2. The molecular formula is C20H22N4O2. The van der Waals surface area contributed by atoms with Crippen molar-refractivity contribution in [1.29, 1.82) is 0 Å². The largest absolute Gasteiger partial charge is 0.336 e. The van der Waals surface area contributed by atoms with Crippen LogP contribution >= 0.6 is 0 Å². The fourth-order valence-corrected chi connectivity index (χ4v) is 2.80. The molecule has 2 amide bonds. The smallest absolute Gasteiger partial charge is 0.315 e. The van der Waals surface area contributed by atoms with Gasteiger partial charge in [-0.2, -0.15) is 0 Å². The highest BCUT2D eigenvalue weighted by molar-refractivity contribution is 5.86. The van der Waals surface area contributed by atoms with E-state index >= 15 is 0 Å². The summed E-state index contributed by atoms with van der Waals surface area (Å²) in [5.74, 6) is 0. The lowest BCUT2D eigenvalue weighted by molar-refractivity contribution is 0.240. The third-order valence-electron chi connectivity index (χ3n) is 4.26. The van der Waals surface area contributed by atoms with Crippen LogP contribution in [0.15, 0.2) is 59.7 Å². The minimum absolute atomic E-state index is 0.102. The minimum atomic E-state index is -0.260. The van der Waals surface area contributed by atoms with E-state index in [1.54, 1.807) is 0 Å². The summed E-state index contributed by atoms with van der Waals surface area (Å²) in [6.45, 7) is 3.14. The third kappa shape index (κ3) is 4.27. The molecule has 134 valence electrons. The maximum Gasteiger partial charge on any atom is 0.315 e. The number of carbonyl (C=O) groups is 1. The van der Waals surface area contributed by atoms with Crippen LogP contribution in [0.5, 0.6) is 0 Å². The van der Waals surface area contributed by atoms with E-state index in [1.807, 2.05) is 37.3 Å². The van der Waals surface area contributed by atoms with E-state index in [-0.39, 0.29) is 11.6 Å². The molecule has 0 saturated carbocycles. The number of rotatable bonds is 6. The molecule has 1 heterocycles. The molecule has 0 aliphatic carbocycles. The van der Waals surface area contributed by atoms with E-state index in [4.69, 9.17) is 0 Å². The summed E-state index contributed by atoms with van der Waals surface area (Å²) in [5.41, 5.74) is 1.73. The second kappa shape index (κ2) is 8.29. The molecule has 6 nitrogen and oxygen atoms in total. The number of nitrogens with one attached hydrogen (secondary N) is 2. The molecule has 2 aromatic carbocycles. The van der Waals surface area contributed by atoms with Gasteiger partial charge in [0, 0.05) is 31.4 Å². The molecule has 0 aliphatic heterocycles. The van der Waals surface area contributed by atoms with Gasteiger partial charge in [0.25, 0.3) is 5.56 Å². The Morgan fingerprint density at radius 2 is 1.92 bits per heavy atom. The van der Waals surface area contributed by atoms with Crippen molar-refractivity contribution in [2.45, 2.75) is 26.4 Å². The van der Waals surface area contributed by atoms with Crippen LogP contribution in [0.1, 0.15) is 18.2 Å². The minimum Gasteiger partial charge on any atom is -0.336 e. The molecule has 3 rings (SSSR count). The Morgan fingerprint density at radius 1 is 1.12 bits per heavy atom. The predicted molar refractivity (Wildman–Crippen MR) is 102 cm³/mol. The van der Waals surface area contributed by atoms with Gasteiger partial charge in [-0.3, -0.25) is 9.36 Å². The van der Waals surface area contributed by atoms with E-state index < -0.39 is 0 Å². The number of amides is 2. The molecule has 0 fully saturated rings. The van der Waals surface area contributed by atoms with Crippen molar-refractivity contribution in [3.8, 4) is 0 Å². The Labute approximate surface area is 151 Å². The summed E-state index contributed by atoms with van der Waals surface area (Å²) in [7, 11) is 0. The zero-order valence-corrected chi connectivity index (χ0v) is 14.7. The first-order valence-electron chi connectivity index (χ1n) is 8.71. The second-order valence-corrected chi connectivity index (χ2v) is 6.01. The van der Waals surface area contributed by atoms with Gasteiger partial charge in [0.1, 0.15) is 0 Å². The molecule has 26 heavy (non-hydrogen) atoms. The van der Waals surface area contributed by atoms with Crippen molar-refractivity contribution in [3.63, 3.8) is 0 Å². The second-order valence-electron chi connectivity index (χ2n) is 6.01. The number of aromatic nitrogens is 2. The van der Waals surface area contributed by atoms with Gasteiger partial charge < -0.3 is 10.6 Å². The van der Waals surface area contributed by atoms with Crippen LogP contribution < -0.4 is 16.2 Å². The van der Waals surface area contributed by atoms with E-state index in [0.29, 0.717) is 19.6 Å². The van der Waals surface area contributed by atoms with Gasteiger partial charge >= 0.3 is 6.03 Å². The third-order valence-corrected chi connectivity index (χ3v) is 4.26. The maximum absolute atomic E-state index is 12.0. The van der Waals surface area contributed by atoms with E-state index in [2.05, 4.69) is 27.8 Å². The van der Waals surface area contributed by atoms with E-state index in [1.165, 1.54) is 17.0 Å². The first-order valence-corrected chi connectivity index (χ1v) is 8.71. The van der Waals surface area contributed by atoms with Crippen LogP contribution in [0, 0.1) is 0 Å². The first kappa shape index (κ1) is 17.7. The average molecular weight is 350 g/mol. The number of hydrogen-bond donors (Lipinski definition) is 2. The van der Waals surface area contributed by atoms with Crippen molar-refractivity contribution in [2.24, 2.45) is 0 Å². The zero-order valence-electron chi connectivity index (χ0n) is 14.7. The van der Waals surface area contributed by atoms with Gasteiger partial charge in [0.2, 0.25) is 0 Å². The zero-order chi connectivity index (χ0) is 18.4. The first-order chi connectivity index (χ1) is 12.7. The van der Waals surface area contributed by atoms with Gasteiger partial charge in [0.05, 0.1) is 6.33 Å². The van der Waals surface area contributed by atoms with E-state index in [0.717, 1.165) is 28.5 Å². The molecule has 3 aromatic rings. The van der Waals surface area contributed by atoms with Crippen LogP contribution in [-0.4, -0.2) is 22.1 Å². The lowest BCUT2D eigenvalue weighted by Gasteiger charge is -2.10. The van der Waals surface area contributed by atoms with Crippen molar-refractivity contribution in [2.75, 3.05) is 6.54 Å². The van der Waals surface area contributed by atoms with Gasteiger partial charge in [-0.25, -0.2) is 9.78 Å². The molecular weight excluding hydrogens is 328 g/mol. The molecule has 1 aromatic heterocycles. The predicted octanol–water partition coefficient (Wildman–Crippen LogP) is 2.46. The Balaban J connectivity index is 1.51. The van der Waals surface area contributed by atoms with Crippen molar-refractivity contribution in [3.05, 3.63) is 76.5 Å². The highest BCUT2D eigenvalue weighted by Crippen LogP contribution is 2.18. The fraction of sp³-hybridized carbons (Fsp3) is 0.250. The lowest BCUT2D eigenvalue weighted by Crippen LogP contribution is -2.38. The normalized spacial score (nSPS) is 10.7. The molecule has 2 N–H and O–H groups in total. The molecule has 0 aliphatic rings. The number of hydrogen-bond acceptors (Lipinski definition) is 3. The summed E-state index contributed by atoms with van der Waals surface area (Å²) in [6, 6.07) is 15.4. The van der Waals surface area contributed by atoms with Gasteiger partial charge in [-0.1, -0.05) is 49.4 Å². The van der Waals surface area contributed by atoms with Crippen molar-refractivity contribution in [1.82, 2.24) is 20.2 Å². The summed E-state index contributed by atoms with van der Waals surface area (Å²) >= 11 is 0. The van der Waals surface area contributed by atoms with Gasteiger partial charge in [0.15, 0.2) is 0 Å². The fourth-order valence-electron chi connectivity index (χ4n) is 2.80. The SMILES string of the molecule is CCc1cc(=O)n(CCNC(=O)NCc2cccc3ccccc23)cn1. The lowest BCUT2D eigenvalue weighted by atomic mass is 10.0. The van der Waals surface area contributed by atoms with Crippen molar-refractivity contribution >= 4 is 16.8 Å². The summed E-state index contributed by atoms with van der Waals surface area (Å²) < 4.78 is 1.49. The van der Waals surface area contributed by atoms with E-state index in [9.17, 15) is 9.59 Å². The molecule has 0 unspecified atom stereocenters. The molecule has 0 atom stereocenters. The summed E-state index contributed by atoms with van der Waals surface area (Å²) in [6.07, 6.45) is 2.25. The van der Waals surface area contributed by atoms with Gasteiger partial charge in [-0.05, 0) is 22.8 Å².